The molecular formula is C14H12OS. The first-order chi connectivity index (χ1) is 7.90. The van der Waals surface area contributed by atoms with Gasteiger partial charge in [0.2, 0.25) is 0 Å². The minimum Gasteiger partial charge on any atom is -0.298 e. The highest BCUT2D eigenvalue weighted by Crippen LogP contribution is 2.15. The fourth-order valence-corrected chi connectivity index (χ4v) is 2.17. The van der Waals surface area contributed by atoms with Crippen LogP contribution in [0.4, 0.5) is 0 Å². The van der Waals surface area contributed by atoms with Gasteiger partial charge in [-0.2, -0.15) is 0 Å². The maximum atomic E-state index is 11.0. The molecule has 0 spiro atoms. The Kier molecular flexibility index (Phi) is 3.67. The van der Waals surface area contributed by atoms with E-state index in [0.29, 0.717) is 0 Å². The first-order valence-corrected chi connectivity index (χ1v) is 6.01. The summed E-state index contributed by atoms with van der Waals surface area (Å²) in [6, 6.07) is 13.8. The highest BCUT2D eigenvalue weighted by molar-refractivity contribution is 7.09. The van der Waals surface area contributed by atoms with Gasteiger partial charge in [-0.25, -0.2) is 0 Å². The average Bonchev–Trinajstić information content (AvgIpc) is 2.84. The van der Waals surface area contributed by atoms with Gasteiger partial charge in [-0.15, -0.1) is 11.3 Å². The monoisotopic (exact) mass is 228 g/mol. The summed E-state index contributed by atoms with van der Waals surface area (Å²) in [6.07, 6.45) is 3.72. The smallest absolute Gasteiger partial charge is 0.150 e. The van der Waals surface area contributed by atoms with Crippen molar-refractivity contribution >= 4 is 23.2 Å². The number of thiophene rings is 1. The van der Waals surface area contributed by atoms with E-state index in [2.05, 4.69) is 6.07 Å². The van der Waals surface area contributed by atoms with E-state index in [0.717, 1.165) is 23.8 Å². The zero-order valence-electron chi connectivity index (χ0n) is 8.80. The summed E-state index contributed by atoms with van der Waals surface area (Å²) in [6.45, 7) is 0. The second kappa shape index (κ2) is 5.42. The van der Waals surface area contributed by atoms with Gasteiger partial charge in [0.15, 0.2) is 0 Å². The van der Waals surface area contributed by atoms with Crippen LogP contribution in [0.2, 0.25) is 0 Å². The molecule has 0 aliphatic rings. The minimum atomic E-state index is 0.758. The fourth-order valence-electron chi connectivity index (χ4n) is 1.50. The normalized spacial score (nSPS) is 11.4. The highest BCUT2D eigenvalue weighted by atomic mass is 32.1. The molecule has 0 radical (unpaired) electrons. The van der Waals surface area contributed by atoms with E-state index in [9.17, 15) is 4.79 Å². The second-order valence-electron chi connectivity index (χ2n) is 3.43. The molecular weight excluding hydrogens is 216 g/mol. The molecule has 1 aromatic carbocycles. The molecule has 0 saturated carbocycles. The quantitative estimate of drug-likeness (QED) is 0.577. The topological polar surface area (TPSA) is 17.1 Å². The summed E-state index contributed by atoms with van der Waals surface area (Å²) in [4.78, 5) is 12.3. The Morgan fingerprint density at radius 3 is 2.56 bits per heavy atom. The van der Waals surface area contributed by atoms with Crippen LogP contribution in [-0.2, 0) is 11.2 Å². The summed E-state index contributed by atoms with van der Waals surface area (Å²) in [7, 11) is 0. The molecule has 16 heavy (non-hydrogen) atoms. The van der Waals surface area contributed by atoms with Gasteiger partial charge in [0.25, 0.3) is 0 Å². The molecule has 1 nitrogen and oxygen atoms in total. The van der Waals surface area contributed by atoms with Crippen molar-refractivity contribution in [2.75, 3.05) is 0 Å². The van der Waals surface area contributed by atoms with E-state index in [1.165, 1.54) is 4.88 Å². The molecule has 80 valence electrons. The summed E-state index contributed by atoms with van der Waals surface area (Å²) in [5.74, 6) is 0. The van der Waals surface area contributed by atoms with Crippen LogP contribution in [0.5, 0.6) is 0 Å². The first-order valence-electron chi connectivity index (χ1n) is 5.13. The summed E-state index contributed by atoms with van der Waals surface area (Å²) < 4.78 is 0. The zero-order valence-corrected chi connectivity index (χ0v) is 9.61. The Morgan fingerprint density at radius 2 is 1.94 bits per heavy atom. The molecule has 0 atom stereocenters. The third kappa shape index (κ3) is 2.67. The maximum Gasteiger partial charge on any atom is 0.150 e. The van der Waals surface area contributed by atoms with Gasteiger partial charge in [-0.1, -0.05) is 42.5 Å². The van der Waals surface area contributed by atoms with Gasteiger partial charge >= 0.3 is 0 Å². The lowest BCUT2D eigenvalue weighted by molar-refractivity contribution is -0.103. The lowest BCUT2D eigenvalue weighted by Gasteiger charge is -1.99. The summed E-state index contributed by atoms with van der Waals surface area (Å²) in [5.41, 5.74) is 1.74. The van der Waals surface area contributed by atoms with Gasteiger partial charge in [-0.05, 0) is 17.0 Å². The van der Waals surface area contributed by atoms with Crippen molar-refractivity contribution < 1.29 is 4.79 Å². The SMILES string of the molecule is O=CC(=CCc1cccs1)c1ccccc1. The third-order valence-electron chi connectivity index (χ3n) is 2.34. The van der Waals surface area contributed by atoms with Crippen molar-refractivity contribution in [1.82, 2.24) is 0 Å². The van der Waals surface area contributed by atoms with Crippen LogP contribution in [0, 0.1) is 0 Å². The largest absolute Gasteiger partial charge is 0.298 e. The molecule has 2 heteroatoms. The molecule has 0 N–H and O–H groups in total. The predicted octanol–water partition coefficient (Wildman–Crippen LogP) is 3.57. The van der Waals surface area contributed by atoms with Gasteiger partial charge < -0.3 is 0 Å². The number of rotatable bonds is 4. The van der Waals surface area contributed by atoms with E-state index in [-0.39, 0.29) is 0 Å². The van der Waals surface area contributed by atoms with Crippen molar-refractivity contribution in [2.45, 2.75) is 6.42 Å². The molecule has 2 rings (SSSR count). The van der Waals surface area contributed by atoms with Gasteiger partial charge in [0.1, 0.15) is 6.29 Å². The molecule has 1 heterocycles. The van der Waals surface area contributed by atoms with E-state index in [1.54, 1.807) is 11.3 Å². The van der Waals surface area contributed by atoms with Crippen LogP contribution in [0.1, 0.15) is 10.4 Å². The van der Waals surface area contributed by atoms with Crippen LogP contribution in [-0.4, -0.2) is 6.29 Å². The molecule has 0 amide bonds. The number of hydrogen-bond acceptors (Lipinski definition) is 2. The molecule has 1 aromatic heterocycles. The first kappa shape index (κ1) is 10.8. The lowest BCUT2D eigenvalue weighted by atomic mass is 10.1. The van der Waals surface area contributed by atoms with Crippen LogP contribution in [0.25, 0.3) is 5.57 Å². The van der Waals surface area contributed by atoms with E-state index in [1.807, 2.05) is 47.9 Å². The van der Waals surface area contributed by atoms with Crippen molar-refractivity contribution in [3.63, 3.8) is 0 Å². The van der Waals surface area contributed by atoms with Gasteiger partial charge in [-0.3, -0.25) is 4.79 Å². The van der Waals surface area contributed by atoms with E-state index < -0.39 is 0 Å². The lowest BCUT2D eigenvalue weighted by Crippen LogP contribution is -1.86. The zero-order chi connectivity index (χ0) is 11.2. The Morgan fingerprint density at radius 1 is 1.12 bits per heavy atom. The van der Waals surface area contributed by atoms with E-state index in [4.69, 9.17) is 0 Å². The van der Waals surface area contributed by atoms with Crippen LogP contribution >= 0.6 is 11.3 Å². The number of carbonyl (C=O) groups is 1. The molecule has 0 aliphatic carbocycles. The Bertz CT molecular complexity index is 469. The fraction of sp³-hybridized carbons (Fsp3) is 0.0714. The highest BCUT2D eigenvalue weighted by Gasteiger charge is 1.99. The number of aldehydes is 1. The summed E-state index contributed by atoms with van der Waals surface area (Å²) in [5, 5.41) is 2.05. The molecule has 0 saturated heterocycles. The van der Waals surface area contributed by atoms with Gasteiger partial charge in [0, 0.05) is 16.9 Å². The number of hydrogen-bond donors (Lipinski definition) is 0. The van der Waals surface area contributed by atoms with Gasteiger partial charge in [0.05, 0.1) is 0 Å². The second-order valence-corrected chi connectivity index (χ2v) is 4.46. The van der Waals surface area contributed by atoms with Crippen molar-refractivity contribution in [3.8, 4) is 0 Å². The molecule has 0 fully saturated rings. The Labute approximate surface area is 99.1 Å². The number of carbonyl (C=O) groups excluding carboxylic acids is 1. The maximum absolute atomic E-state index is 11.0. The van der Waals surface area contributed by atoms with Crippen molar-refractivity contribution in [3.05, 3.63) is 64.4 Å². The van der Waals surface area contributed by atoms with Crippen LogP contribution < -0.4 is 0 Å². The van der Waals surface area contributed by atoms with Crippen molar-refractivity contribution in [2.24, 2.45) is 0 Å². The average molecular weight is 228 g/mol. The molecule has 0 aliphatic heterocycles. The standard InChI is InChI=1S/C14H12OS/c15-11-13(12-5-2-1-3-6-12)8-9-14-7-4-10-16-14/h1-8,10-11H,9H2. The van der Waals surface area contributed by atoms with Crippen LogP contribution in [0.3, 0.4) is 0 Å². The molecule has 2 aromatic rings. The van der Waals surface area contributed by atoms with E-state index >= 15 is 0 Å². The third-order valence-corrected chi connectivity index (χ3v) is 3.24. The predicted molar refractivity (Wildman–Crippen MR) is 68.5 cm³/mol. The molecule has 0 bridgehead atoms. The Hall–Kier alpha value is -1.67. The number of benzene rings is 1. The minimum absolute atomic E-state index is 0.758. The number of allylic oxidation sites excluding steroid dienone is 2. The van der Waals surface area contributed by atoms with Crippen LogP contribution in [0.15, 0.2) is 53.9 Å². The Balaban J connectivity index is 2.17. The molecule has 0 unspecified atom stereocenters. The van der Waals surface area contributed by atoms with Crippen molar-refractivity contribution in [1.29, 1.82) is 0 Å². The summed E-state index contributed by atoms with van der Waals surface area (Å²) >= 11 is 1.71.